The van der Waals surface area contributed by atoms with E-state index in [1.54, 1.807) is 38.3 Å². The first-order chi connectivity index (χ1) is 11.5. The maximum atomic E-state index is 12.8. The van der Waals surface area contributed by atoms with Gasteiger partial charge in [0.05, 0.1) is 25.2 Å². The van der Waals surface area contributed by atoms with Gasteiger partial charge in [0.25, 0.3) is 5.91 Å². The summed E-state index contributed by atoms with van der Waals surface area (Å²) in [6, 6.07) is 10.4. The number of nitrogens with zero attached hydrogens (tertiary/aromatic N) is 3. The molecule has 1 saturated heterocycles. The first-order valence-corrected chi connectivity index (χ1v) is 7.51. The quantitative estimate of drug-likeness (QED) is 0.804. The molecule has 0 unspecified atom stereocenters. The number of nitriles is 2. The number of nitrogens with one attached hydrogen (secondary N) is 1. The van der Waals surface area contributed by atoms with Crippen LogP contribution in [0.2, 0.25) is 0 Å². The molecule has 0 spiro atoms. The Hall–Kier alpha value is -3.06. The Labute approximate surface area is 140 Å². The van der Waals surface area contributed by atoms with Gasteiger partial charge in [-0.1, -0.05) is 12.1 Å². The average Bonchev–Trinajstić information content (AvgIpc) is 2.82. The van der Waals surface area contributed by atoms with Crippen molar-refractivity contribution >= 4 is 11.9 Å². The van der Waals surface area contributed by atoms with E-state index in [9.17, 15) is 9.59 Å². The van der Waals surface area contributed by atoms with Crippen LogP contribution in [0.1, 0.15) is 25.3 Å². The molecule has 1 aliphatic heterocycles. The fourth-order valence-corrected chi connectivity index (χ4v) is 2.64. The molecule has 1 N–H and O–H groups in total. The molecule has 2 rings (SSSR count). The van der Waals surface area contributed by atoms with Crippen molar-refractivity contribution in [2.24, 2.45) is 5.92 Å². The Morgan fingerprint density at radius 3 is 2.50 bits per heavy atom. The van der Waals surface area contributed by atoms with Gasteiger partial charge in [-0.25, -0.2) is 4.79 Å². The fourth-order valence-electron chi connectivity index (χ4n) is 2.64. The van der Waals surface area contributed by atoms with Gasteiger partial charge in [-0.05, 0) is 31.0 Å². The summed E-state index contributed by atoms with van der Waals surface area (Å²) in [7, 11) is 1.55. The zero-order chi connectivity index (χ0) is 17.7. The number of urea groups is 1. The highest BCUT2D eigenvalue weighted by molar-refractivity contribution is 6.07. The number of carbonyl (C=O) groups excluding carboxylic acids is 2. The van der Waals surface area contributed by atoms with Gasteiger partial charge < -0.3 is 10.1 Å². The number of carbonyl (C=O) groups is 2. The molecule has 1 aromatic carbocycles. The van der Waals surface area contributed by atoms with E-state index in [4.69, 9.17) is 15.3 Å². The van der Waals surface area contributed by atoms with Gasteiger partial charge in [0.15, 0.2) is 0 Å². The zero-order valence-electron chi connectivity index (χ0n) is 13.6. The molecule has 0 bridgehead atoms. The first-order valence-electron chi connectivity index (χ1n) is 7.51. The topological polar surface area (TPSA) is 106 Å². The summed E-state index contributed by atoms with van der Waals surface area (Å²) >= 11 is 0. The molecule has 0 aliphatic carbocycles. The molecular weight excluding hydrogens is 308 g/mol. The van der Waals surface area contributed by atoms with Crippen LogP contribution in [0.5, 0.6) is 5.75 Å². The molecule has 0 radical (unpaired) electrons. The molecule has 1 aromatic rings. The second-order valence-corrected chi connectivity index (χ2v) is 5.72. The summed E-state index contributed by atoms with van der Waals surface area (Å²) in [5, 5.41) is 20.5. The van der Waals surface area contributed by atoms with Crippen molar-refractivity contribution < 1.29 is 14.3 Å². The standard InChI is InChI=1S/C17H18N4O3/c1-17(13-5-7-14(24-2)8-6-13)15(22)21(16(23)20-17)11-12(10-19)4-3-9-18/h5-8,12H,3-4,11H2,1-2H3,(H,20,23)/t12-,17+/m1/s1. The Kier molecular flexibility index (Phi) is 5.05. The van der Waals surface area contributed by atoms with Crippen molar-refractivity contribution in [1.82, 2.24) is 10.2 Å². The molecule has 7 heteroatoms. The molecule has 1 aliphatic rings. The van der Waals surface area contributed by atoms with Gasteiger partial charge in [-0.3, -0.25) is 9.69 Å². The van der Waals surface area contributed by atoms with Crippen LogP contribution in [0, 0.1) is 28.6 Å². The third-order valence-corrected chi connectivity index (χ3v) is 4.13. The van der Waals surface area contributed by atoms with Crippen LogP contribution in [-0.4, -0.2) is 30.5 Å². The van der Waals surface area contributed by atoms with Gasteiger partial charge in [0.1, 0.15) is 11.3 Å². The first kappa shape index (κ1) is 17.3. The van der Waals surface area contributed by atoms with Crippen LogP contribution in [0.4, 0.5) is 4.79 Å². The summed E-state index contributed by atoms with van der Waals surface area (Å²) in [4.78, 5) is 26.0. The van der Waals surface area contributed by atoms with Crippen LogP contribution >= 0.6 is 0 Å². The van der Waals surface area contributed by atoms with Gasteiger partial charge in [-0.15, -0.1) is 0 Å². The lowest BCUT2D eigenvalue weighted by atomic mass is 9.91. The molecule has 0 saturated carbocycles. The minimum atomic E-state index is -1.18. The van der Waals surface area contributed by atoms with E-state index in [1.165, 1.54) is 0 Å². The summed E-state index contributed by atoms with van der Waals surface area (Å²) in [5.74, 6) is -0.315. The van der Waals surface area contributed by atoms with Gasteiger partial charge in [-0.2, -0.15) is 10.5 Å². The maximum Gasteiger partial charge on any atom is 0.325 e. The summed E-state index contributed by atoms with van der Waals surface area (Å²) in [6.07, 6.45) is 0.529. The molecule has 1 fully saturated rings. The smallest absolute Gasteiger partial charge is 0.325 e. The Bertz CT molecular complexity index is 717. The van der Waals surface area contributed by atoms with Crippen molar-refractivity contribution in [2.75, 3.05) is 13.7 Å². The average molecular weight is 326 g/mol. The summed E-state index contributed by atoms with van der Waals surface area (Å²) < 4.78 is 5.09. The van der Waals surface area contributed by atoms with Crippen LogP contribution in [0.15, 0.2) is 24.3 Å². The summed E-state index contributed by atoms with van der Waals surface area (Å²) in [5.41, 5.74) is -0.548. The number of methoxy groups -OCH3 is 1. The van der Waals surface area contributed by atoms with Crippen molar-refractivity contribution in [1.29, 1.82) is 10.5 Å². The third kappa shape index (κ3) is 3.16. The predicted molar refractivity (Wildman–Crippen MR) is 84.5 cm³/mol. The van der Waals surface area contributed by atoms with Crippen molar-refractivity contribution in [3.63, 3.8) is 0 Å². The fraction of sp³-hybridized carbons (Fsp3) is 0.412. The molecule has 124 valence electrons. The minimum Gasteiger partial charge on any atom is -0.497 e. The van der Waals surface area contributed by atoms with Crippen LogP contribution in [0.3, 0.4) is 0 Å². The van der Waals surface area contributed by atoms with Gasteiger partial charge >= 0.3 is 6.03 Å². The number of benzene rings is 1. The van der Waals surface area contributed by atoms with E-state index in [2.05, 4.69) is 5.32 Å². The Morgan fingerprint density at radius 1 is 1.29 bits per heavy atom. The third-order valence-electron chi connectivity index (χ3n) is 4.13. The van der Waals surface area contributed by atoms with Crippen LogP contribution in [0.25, 0.3) is 0 Å². The number of ether oxygens (including phenoxy) is 1. The summed E-state index contributed by atoms with van der Waals surface area (Å²) in [6.45, 7) is 1.61. The lowest BCUT2D eigenvalue weighted by molar-refractivity contribution is -0.131. The predicted octanol–water partition coefficient (Wildman–Crippen LogP) is 1.91. The molecule has 1 heterocycles. The van der Waals surface area contributed by atoms with E-state index < -0.39 is 23.4 Å². The van der Waals surface area contributed by atoms with Crippen molar-refractivity contribution in [3.05, 3.63) is 29.8 Å². The number of hydrogen-bond acceptors (Lipinski definition) is 5. The zero-order valence-corrected chi connectivity index (χ0v) is 13.6. The Balaban J connectivity index is 2.20. The highest BCUT2D eigenvalue weighted by Crippen LogP contribution is 2.30. The normalized spacial score (nSPS) is 20.9. The number of hydrogen-bond donors (Lipinski definition) is 1. The molecule has 3 amide bonds. The molecule has 2 atom stereocenters. The number of imide groups is 1. The van der Waals surface area contributed by atoms with E-state index in [0.29, 0.717) is 17.7 Å². The van der Waals surface area contributed by atoms with E-state index in [0.717, 1.165) is 4.90 Å². The second kappa shape index (κ2) is 7.01. The number of rotatable bonds is 6. The lowest BCUT2D eigenvalue weighted by Crippen LogP contribution is -2.41. The Morgan fingerprint density at radius 2 is 1.96 bits per heavy atom. The van der Waals surface area contributed by atoms with E-state index in [1.807, 2.05) is 12.1 Å². The minimum absolute atomic E-state index is 0.0193. The lowest BCUT2D eigenvalue weighted by Gasteiger charge is -2.23. The highest BCUT2D eigenvalue weighted by atomic mass is 16.5. The number of amides is 3. The maximum absolute atomic E-state index is 12.8. The van der Waals surface area contributed by atoms with Crippen molar-refractivity contribution in [3.8, 4) is 17.9 Å². The molecule has 7 nitrogen and oxygen atoms in total. The largest absolute Gasteiger partial charge is 0.497 e. The molecular formula is C17H18N4O3. The SMILES string of the molecule is COc1ccc([C@]2(C)NC(=O)N(C[C@@H](C#N)CCC#N)C2=O)cc1. The van der Waals surface area contributed by atoms with Gasteiger partial charge in [0.2, 0.25) is 0 Å². The monoisotopic (exact) mass is 326 g/mol. The van der Waals surface area contributed by atoms with Crippen LogP contribution in [-0.2, 0) is 10.3 Å². The molecule has 24 heavy (non-hydrogen) atoms. The second-order valence-electron chi connectivity index (χ2n) is 5.72. The van der Waals surface area contributed by atoms with Gasteiger partial charge in [0, 0.05) is 13.0 Å². The van der Waals surface area contributed by atoms with E-state index >= 15 is 0 Å². The highest BCUT2D eigenvalue weighted by Gasteiger charge is 2.49. The molecule has 0 aromatic heterocycles. The van der Waals surface area contributed by atoms with Crippen LogP contribution < -0.4 is 10.1 Å². The van der Waals surface area contributed by atoms with E-state index in [-0.39, 0.29) is 13.0 Å². The van der Waals surface area contributed by atoms with Crippen molar-refractivity contribution in [2.45, 2.75) is 25.3 Å².